The van der Waals surface area contributed by atoms with Crippen LogP contribution in [-0.2, 0) is 14.8 Å². The fourth-order valence-electron chi connectivity index (χ4n) is 2.39. The Morgan fingerprint density at radius 3 is 2.45 bits per heavy atom. The predicted molar refractivity (Wildman–Crippen MR) is 79.3 cm³/mol. The minimum atomic E-state index is -3.81. The van der Waals surface area contributed by atoms with E-state index in [0.29, 0.717) is 0 Å². The van der Waals surface area contributed by atoms with Gasteiger partial charge < -0.3 is 5.32 Å². The molecule has 0 spiro atoms. The Morgan fingerprint density at radius 2 is 1.86 bits per heavy atom. The lowest BCUT2D eigenvalue weighted by Crippen LogP contribution is -2.62. The lowest BCUT2D eigenvalue weighted by Gasteiger charge is -2.41. The maximum atomic E-state index is 12.5. The molecular formula is C12H11Cl2N3O4S. The number of amides is 3. The van der Waals surface area contributed by atoms with E-state index < -0.39 is 22.1 Å². The van der Waals surface area contributed by atoms with Crippen LogP contribution in [0.5, 0.6) is 0 Å². The Kier molecular flexibility index (Phi) is 3.80. The van der Waals surface area contributed by atoms with E-state index in [-0.39, 0.29) is 40.5 Å². The van der Waals surface area contributed by atoms with Crippen molar-refractivity contribution in [3.05, 3.63) is 28.2 Å². The zero-order valence-electron chi connectivity index (χ0n) is 11.1. The molecule has 0 aliphatic carbocycles. The number of rotatable bonds is 3. The monoisotopic (exact) mass is 363 g/mol. The summed E-state index contributed by atoms with van der Waals surface area (Å²) in [7, 11) is -3.81. The van der Waals surface area contributed by atoms with Crippen molar-refractivity contribution in [1.82, 2.24) is 14.5 Å². The molecule has 1 aromatic rings. The van der Waals surface area contributed by atoms with Gasteiger partial charge in [-0.05, 0) is 18.2 Å². The van der Waals surface area contributed by atoms with Gasteiger partial charge in [0.1, 0.15) is 4.90 Å². The first kappa shape index (κ1) is 15.5. The second-order valence-corrected chi connectivity index (χ2v) is 7.72. The van der Waals surface area contributed by atoms with Gasteiger partial charge in [0.25, 0.3) is 0 Å². The van der Waals surface area contributed by atoms with Crippen molar-refractivity contribution >= 4 is 45.2 Å². The molecule has 3 rings (SSSR count). The van der Waals surface area contributed by atoms with Gasteiger partial charge in [0.15, 0.2) is 0 Å². The number of halogens is 2. The van der Waals surface area contributed by atoms with Crippen molar-refractivity contribution in [2.45, 2.75) is 10.9 Å². The van der Waals surface area contributed by atoms with E-state index in [1.54, 1.807) is 0 Å². The molecule has 0 radical (unpaired) electrons. The molecule has 22 heavy (non-hydrogen) atoms. The molecule has 7 nitrogen and oxygen atoms in total. The number of carbonyl (C=O) groups excluding carboxylic acids is 2. The van der Waals surface area contributed by atoms with Gasteiger partial charge in [0, 0.05) is 18.1 Å². The molecule has 0 unspecified atom stereocenters. The first-order chi connectivity index (χ1) is 10.3. The zero-order chi connectivity index (χ0) is 16.1. The number of hydrogen-bond donors (Lipinski definition) is 1. The van der Waals surface area contributed by atoms with Crippen molar-refractivity contribution in [2.75, 3.05) is 19.6 Å². The van der Waals surface area contributed by atoms with E-state index in [1.807, 2.05) is 0 Å². The van der Waals surface area contributed by atoms with Crippen LogP contribution in [0.15, 0.2) is 23.1 Å². The third-order valence-electron chi connectivity index (χ3n) is 3.58. The van der Waals surface area contributed by atoms with E-state index in [0.717, 1.165) is 9.21 Å². The summed E-state index contributed by atoms with van der Waals surface area (Å²) < 4.78 is 26.1. The Labute approximate surface area is 136 Å². The number of imide groups is 1. The van der Waals surface area contributed by atoms with Crippen molar-refractivity contribution in [3.63, 3.8) is 0 Å². The number of urea groups is 1. The van der Waals surface area contributed by atoms with Gasteiger partial charge in [0.05, 0.1) is 17.6 Å². The smallest absolute Gasteiger partial charge is 0.324 e. The number of sulfonamides is 1. The highest BCUT2D eigenvalue weighted by molar-refractivity contribution is 7.89. The van der Waals surface area contributed by atoms with E-state index in [4.69, 9.17) is 23.2 Å². The molecule has 2 saturated heterocycles. The van der Waals surface area contributed by atoms with Crippen LogP contribution in [0.1, 0.15) is 0 Å². The minimum Gasteiger partial charge on any atom is -0.329 e. The largest absolute Gasteiger partial charge is 0.329 e. The van der Waals surface area contributed by atoms with E-state index in [2.05, 4.69) is 5.32 Å². The van der Waals surface area contributed by atoms with Gasteiger partial charge in [-0.2, -0.15) is 4.31 Å². The number of nitrogens with one attached hydrogen (secondary N) is 1. The molecule has 0 bridgehead atoms. The highest BCUT2D eigenvalue weighted by Gasteiger charge is 2.46. The summed E-state index contributed by atoms with van der Waals surface area (Å²) >= 11 is 11.7. The van der Waals surface area contributed by atoms with Crippen LogP contribution < -0.4 is 5.32 Å². The molecule has 1 N–H and O–H groups in total. The summed E-state index contributed by atoms with van der Waals surface area (Å²) in [5, 5.41) is 2.73. The summed E-state index contributed by atoms with van der Waals surface area (Å²) in [6.45, 7) is 0.0386. The highest BCUT2D eigenvalue weighted by atomic mass is 35.5. The standard InChI is InChI=1S/C12H11Cl2N3O4S/c13-7-1-2-9(14)10(3-7)22(20,21)16-5-8(6-16)17-11(18)4-15-12(17)19/h1-3,8H,4-6H2,(H,15,19). The molecule has 2 heterocycles. The molecule has 0 aromatic heterocycles. The first-order valence-electron chi connectivity index (χ1n) is 6.36. The van der Waals surface area contributed by atoms with Gasteiger partial charge in [-0.15, -0.1) is 0 Å². The lowest BCUT2D eigenvalue weighted by molar-refractivity contribution is -0.128. The molecule has 2 aliphatic heterocycles. The van der Waals surface area contributed by atoms with Crippen molar-refractivity contribution in [2.24, 2.45) is 0 Å². The predicted octanol–water partition coefficient (Wildman–Crippen LogP) is 0.918. The van der Waals surface area contributed by atoms with E-state index in [1.165, 1.54) is 18.2 Å². The Hall–Kier alpha value is -1.35. The Morgan fingerprint density at radius 1 is 1.18 bits per heavy atom. The Bertz CT molecular complexity index is 746. The Balaban J connectivity index is 1.78. The summed E-state index contributed by atoms with van der Waals surface area (Å²) in [5.41, 5.74) is 0. The molecule has 10 heteroatoms. The molecule has 1 aromatic carbocycles. The minimum absolute atomic E-state index is 0.0460. The van der Waals surface area contributed by atoms with Crippen molar-refractivity contribution in [3.8, 4) is 0 Å². The summed E-state index contributed by atoms with van der Waals surface area (Å²) in [5.74, 6) is -0.354. The van der Waals surface area contributed by atoms with Crippen LogP contribution in [0.25, 0.3) is 0 Å². The number of hydrogen-bond acceptors (Lipinski definition) is 4. The van der Waals surface area contributed by atoms with E-state index in [9.17, 15) is 18.0 Å². The quantitative estimate of drug-likeness (QED) is 0.808. The van der Waals surface area contributed by atoms with Gasteiger partial charge in [-0.1, -0.05) is 23.2 Å². The molecule has 3 amide bonds. The van der Waals surface area contributed by atoms with Crippen molar-refractivity contribution < 1.29 is 18.0 Å². The van der Waals surface area contributed by atoms with Crippen LogP contribution in [0.2, 0.25) is 10.0 Å². The topological polar surface area (TPSA) is 86.8 Å². The lowest BCUT2D eigenvalue weighted by atomic mass is 10.1. The summed E-state index contributed by atoms with van der Waals surface area (Å²) in [6, 6.07) is 3.23. The normalized spacial score (nSPS) is 20.2. The van der Waals surface area contributed by atoms with Gasteiger partial charge in [0.2, 0.25) is 15.9 Å². The van der Waals surface area contributed by atoms with E-state index >= 15 is 0 Å². The van der Waals surface area contributed by atoms with Crippen LogP contribution in [0, 0.1) is 0 Å². The van der Waals surface area contributed by atoms with Crippen LogP contribution in [0.4, 0.5) is 4.79 Å². The first-order valence-corrected chi connectivity index (χ1v) is 8.55. The van der Waals surface area contributed by atoms with Gasteiger partial charge in [-0.25, -0.2) is 13.2 Å². The van der Waals surface area contributed by atoms with Gasteiger partial charge in [-0.3, -0.25) is 9.69 Å². The van der Waals surface area contributed by atoms with Crippen LogP contribution in [0.3, 0.4) is 0 Å². The third-order valence-corrected chi connectivity index (χ3v) is 6.13. The fraction of sp³-hybridized carbons (Fsp3) is 0.333. The average molecular weight is 364 g/mol. The van der Waals surface area contributed by atoms with Crippen molar-refractivity contribution in [1.29, 1.82) is 0 Å². The third kappa shape index (κ3) is 2.45. The molecule has 2 fully saturated rings. The molecule has 0 saturated carbocycles. The number of nitrogens with zero attached hydrogens (tertiary/aromatic N) is 2. The maximum Gasteiger partial charge on any atom is 0.324 e. The number of benzene rings is 1. The maximum absolute atomic E-state index is 12.5. The van der Waals surface area contributed by atoms with Crippen LogP contribution in [-0.4, -0.2) is 55.2 Å². The highest BCUT2D eigenvalue weighted by Crippen LogP contribution is 2.31. The van der Waals surface area contributed by atoms with Gasteiger partial charge >= 0.3 is 6.03 Å². The average Bonchev–Trinajstić information content (AvgIpc) is 2.71. The molecular weight excluding hydrogens is 353 g/mol. The zero-order valence-corrected chi connectivity index (χ0v) is 13.5. The summed E-state index contributed by atoms with van der Waals surface area (Å²) in [4.78, 5) is 24.1. The fourth-order valence-corrected chi connectivity index (χ4v) is 4.65. The second kappa shape index (κ2) is 5.38. The SMILES string of the molecule is O=C1CNC(=O)N1C1CN(S(=O)(=O)c2cc(Cl)ccc2Cl)C1. The molecule has 118 valence electrons. The van der Waals surface area contributed by atoms with Crippen LogP contribution >= 0.6 is 23.2 Å². The molecule has 0 atom stereocenters. The second-order valence-electron chi connectivity index (χ2n) is 4.97. The summed E-state index contributed by atoms with van der Waals surface area (Å²) in [6.07, 6.45) is 0. The molecule has 2 aliphatic rings. The number of carbonyl (C=O) groups is 2.